The van der Waals surface area contributed by atoms with Crippen molar-refractivity contribution in [2.24, 2.45) is 11.7 Å². The fourth-order valence-electron chi connectivity index (χ4n) is 3.27. The molecule has 3 heteroatoms. The molecule has 2 atom stereocenters. The third-order valence-corrected chi connectivity index (χ3v) is 4.93. The van der Waals surface area contributed by atoms with Gasteiger partial charge >= 0.3 is 0 Å². The quantitative estimate of drug-likeness (QED) is 0.777. The molecular formula is C18H19BrFN. The third kappa shape index (κ3) is 3.19. The van der Waals surface area contributed by atoms with Crippen LogP contribution in [-0.2, 0) is 12.8 Å². The molecule has 0 saturated heterocycles. The summed E-state index contributed by atoms with van der Waals surface area (Å²) in [7, 11) is 0. The molecule has 2 N–H and O–H groups in total. The molecule has 0 saturated carbocycles. The van der Waals surface area contributed by atoms with Crippen molar-refractivity contribution in [2.75, 3.05) is 0 Å². The summed E-state index contributed by atoms with van der Waals surface area (Å²) in [5.41, 5.74) is 9.83. The third-order valence-electron chi connectivity index (χ3n) is 4.44. The minimum Gasteiger partial charge on any atom is -0.324 e. The summed E-state index contributed by atoms with van der Waals surface area (Å²) in [6.45, 7) is 0. The van der Waals surface area contributed by atoms with Gasteiger partial charge in [-0.1, -0.05) is 46.3 Å². The van der Waals surface area contributed by atoms with Gasteiger partial charge in [0.15, 0.2) is 0 Å². The summed E-state index contributed by atoms with van der Waals surface area (Å²) < 4.78 is 14.8. The first-order valence-corrected chi connectivity index (χ1v) is 8.22. The van der Waals surface area contributed by atoms with Crippen molar-refractivity contribution in [3.05, 3.63) is 69.4 Å². The van der Waals surface area contributed by atoms with E-state index in [1.807, 2.05) is 18.2 Å². The minimum atomic E-state index is -0.144. The van der Waals surface area contributed by atoms with Crippen LogP contribution in [0, 0.1) is 11.7 Å². The highest BCUT2D eigenvalue weighted by atomic mass is 79.9. The summed E-state index contributed by atoms with van der Waals surface area (Å²) in [5.74, 6) is 0.151. The van der Waals surface area contributed by atoms with E-state index in [9.17, 15) is 4.39 Å². The zero-order valence-corrected chi connectivity index (χ0v) is 13.4. The van der Waals surface area contributed by atoms with Gasteiger partial charge in [0.2, 0.25) is 0 Å². The molecule has 2 aromatic rings. The highest BCUT2D eigenvalue weighted by Crippen LogP contribution is 2.34. The summed E-state index contributed by atoms with van der Waals surface area (Å²) in [6.07, 6.45) is 3.94. The monoisotopic (exact) mass is 347 g/mol. The largest absolute Gasteiger partial charge is 0.324 e. The number of rotatable bonds is 2. The number of nitrogens with two attached hydrogens (primary N) is 1. The molecular weight excluding hydrogens is 329 g/mol. The first kappa shape index (κ1) is 14.7. The first-order valence-electron chi connectivity index (χ1n) is 7.42. The van der Waals surface area contributed by atoms with Gasteiger partial charge in [-0.2, -0.15) is 0 Å². The van der Waals surface area contributed by atoms with Crippen LogP contribution in [0.3, 0.4) is 0 Å². The lowest BCUT2D eigenvalue weighted by atomic mass is 9.86. The Morgan fingerprint density at radius 1 is 1.19 bits per heavy atom. The molecule has 1 nitrogen and oxygen atoms in total. The average Bonchev–Trinajstić information content (AvgIpc) is 2.63. The van der Waals surface area contributed by atoms with Crippen molar-refractivity contribution in [3.8, 4) is 0 Å². The number of benzene rings is 2. The Labute approximate surface area is 133 Å². The highest BCUT2D eigenvalue weighted by Gasteiger charge is 2.25. The van der Waals surface area contributed by atoms with E-state index < -0.39 is 0 Å². The van der Waals surface area contributed by atoms with E-state index in [-0.39, 0.29) is 11.9 Å². The average molecular weight is 348 g/mol. The summed E-state index contributed by atoms with van der Waals surface area (Å²) >= 11 is 3.30. The number of halogens is 2. The fraction of sp³-hybridized carbons (Fsp3) is 0.333. The molecule has 21 heavy (non-hydrogen) atoms. The van der Waals surface area contributed by atoms with Gasteiger partial charge < -0.3 is 5.73 Å². The van der Waals surface area contributed by atoms with Gasteiger partial charge in [0.25, 0.3) is 0 Å². The second-order valence-electron chi connectivity index (χ2n) is 5.82. The Morgan fingerprint density at radius 3 is 2.81 bits per heavy atom. The predicted octanol–water partition coefficient (Wildman–Crippen LogP) is 4.78. The number of hydrogen-bond donors (Lipinski definition) is 1. The highest BCUT2D eigenvalue weighted by molar-refractivity contribution is 9.10. The van der Waals surface area contributed by atoms with Crippen molar-refractivity contribution in [1.29, 1.82) is 0 Å². The van der Waals surface area contributed by atoms with Crippen LogP contribution in [0.1, 0.15) is 35.6 Å². The van der Waals surface area contributed by atoms with Gasteiger partial charge in [-0.15, -0.1) is 0 Å². The van der Waals surface area contributed by atoms with Gasteiger partial charge in [0.05, 0.1) is 0 Å². The van der Waals surface area contributed by atoms with Crippen molar-refractivity contribution >= 4 is 15.9 Å². The minimum absolute atomic E-state index is 0.00764. The molecule has 0 radical (unpaired) electrons. The van der Waals surface area contributed by atoms with Gasteiger partial charge in [-0.05, 0) is 60.4 Å². The lowest BCUT2D eigenvalue weighted by Gasteiger charge is -2.23. The predicted molar refractivity (Wildman–Crippen MR) is 87.6 cm³/mol. The normalized spacial score (nSPS) is 21.7. The molecule has 110 valence electrons. The van der Waals surface area contributed by atoms with E-state index in [0.29, 0.717) is 12.3 Å². The Kier molecular flexibility index (Phi) is 4.41. The lowest BCUT2D eigenvalue weighted by Crippen LogP contribution is -2.23. The molecule has 0 fully saturated rings. The summed E-state index contributed by atoms with van der Waals surface area (Å²) in [4.78, 5) is 0. The molecule has 3 rings (SSSR count). The van der Waals surface area contributed by atoms with Crippen molar-refractivity contribution in [2.45, 2.75) is 31.7 Å². The second kappa shape index (κ2) is 6.29. The molecule has 0 bridgehead atoms. The van der Waals surface area contributed by atoms with E-state index in [1.54, 1.807) is 0 Å². The van der Waals surface area contributed by atoms with Gasteiger partial charge in [0, 0.05) is 10.5 Å². The topological polar surface area (TPSA) is 26.0 Å². The zero-order valence-electron chi connectivity index (χ0n) is 11.9. The standard InChI is InChI=1S/C18H19BrFN/c19-15-9-8-13(17(20)11-15)10-14-6-3-5-12-4-1-2-7-16(12)18(14)21/h1-2,4,7-9,11,14,18H,3,5-6,10,21H2. The Bertz CT molecular complexity index is 641. The molecule has 0 aliphatic heterocycles. The number of fused-ring (bicyclic) bond motifs is 1. The van der Waals surface area contributed by atoms with Crippen LogP contribution in [0.5, 0.6) is 0 Å². The first-order chi connectivity index (χ1) is 10.1. The molecule has 0 aromatic heterocycles. The lowest BCUT2D eigenvalue weighted by molar-refractivity contribution is 0.396. The van der Waals surface area contributed by atoms with E-state index in [4.69, 9.17) is 5.73 Å². The maximum absolute atomic E-state index is 14.1. The van der Waals surface area contributed by atoms with Crippen LogP contribution < -0.4 is 5.73 Å². The van der Waals surface area contributed by atoms with Crippen LogP contribution in [0.15, 0.2) is 46.9 Å². The van der Waals surface area contributed by atoms with Gasteiger partial charge in [0.1, 0.15) is 5.82 Å². The van der Waals surface area contributed by atoms with Crippen LogP contribution in [0.2, 0.25) is 0 Å². The molecule has 2 unspecified atom stereocenters. The smallest absolute Gasteiger partial charge is 0.127 e. The van der Waals surface area contributed by atoms with E-state index in [1.165, 1.54) is 17.2 Å². The molecule has 0 heterocycles. The second-order valence-corrected chi connectivity index (χ2v) is 6.73. The molecule has 1 aliphatic rings. The maximum Gasteiger partial charge on any atom is 0.127 e. The van der Waals surface area contributed by atoms with Crippen molar-refractivity contribution < 1.29 is 4.39 Å². The summed E-state index contributed by atoms with van der Waals surface area (Å²) in [6, 6.07) is 13.7. The van der Waals surface area contributed by atoms with Gasteiger partial charge in [-0.3, -0.25) is 0 Å². The van der Waals surface area contributed by atoms with Crippen molar-refractivity contribution in [1.82, 2.24) is 0 Å². The Hall–Kier alpha value is -1.19. The molecule has 0 spiro atoms. The maximum atomic E-state index is 14.1. The van der Waals surface area contributed by atoms with Gasteiger partial charge in [-0.25, -0.2) is 4.39 Å². The molecule has 1 aliphatic carbocycles. The van der Waals surface area contributed by atoms with E-state index in [0.717, 1.165) is 29.3 Å². The van der Waals surface area contributed by atoms with E-state index >= 15 is 0 Å². The van der Waals surface area contributed by atoms with E-state index in [2.05, 4.69) is 34.1 Å². The molecule has 2 aromatic carbocycles. The summed E-state index contributed by atoms with van der Waals surface area (Å²) in [5, 5.41) is 0. The fourth-order valence-corrected chi connectivity index (χ4v) is 3.61. The van der Waals surface area contributed by atoms with Crippen LogP contribution >= 0.6 is 15.9 Å². The number of aryl methyl sites for hydroxylation is 1. The Balaban J connectivity index is 1.86. The van der Waals surface area contributed by atoms with Crippen molar-refractivity contribution in [3.63, 3.8) is 0 Å². The molecule has 0 amide bonds. The number of hydrogen-bond acceptors (Lipinski definition) is 1. The zero-order chi connectivity index (χ0) is 14.8. The SMILES string of the molecule is NC1c2ccccc2CCCC1Cc1ccc(Br)cc1F. The van der Waals surface area contributed by atoms with Crippen LogP contribution in [-0.4, -0.2) is 0 Å². The van der Waals surface area contributed by atoms with Crippen LogP contribution in [0.25, 0.3) is 0 Å². The Morgan fingerprint density at radius 2 is 2.00 bits per heavy atom. The van der Waals surface area contributed by atoms with Crippen LogP contribution in [0.4, 0.5) is 4.39 Å².